The molecule has 9 heteroatoms. The van der Waals surface area contributed by atoms with Crippen LogP contribution in [0.3, 0.4) is 0 Å². The summed E-state index contributed by atoms with van der Waals surface area (Å²) < 4.78 is 26.9. The number of nitrogens with zero attached hydrogens (tertiary/aromatic N) is 1. The highest BCUT2D eigenvalue weighted by atomic mass is 32.2. The Morgan fingerprint density at radius 1 is 1.43 bits per heavy atom. The van der Waals surface area contributed by atoms with Gasteiger partial charge in [0.05, 0.1) is 6.04 Å². The lowest BCUT2D eigenvalue weighted by atomic mass is 10.0. The van der Waals surface area contributed by atoms with Crippen LogP contribution in [0.4, 0.5) is 13.6 Å². The van der Waals surface area contributed by atoms with Crippen molar-refractivity contribution in [3.8, 4) is 0 Å². The van der Waals surface area contributed by atoms with E-state index in [2.05, 4.69) is 5.32 Å². The Bertz CT molecular complexity index is 602. The quantitative estimate of drug-likeness (QED) is 0.753. The SMILES string of the molecule is O=C(N[C@@H](CCO)c1ccc(F)cc1F)[C@@H]1SCCN1C(=O)O. The van der Waals surface area contributed by atoms with Crippen LogP contribution in [-0.2, 0) is 4.79 Å². The molecule has 0 aromatic heterocycles. The van der Waals surface area contributed by atoms with Crippen LogP contribution in [0.5, 0.6) is 0 Å². The summed E-state index contributed by atoms with van der Waals surface area (Å²) in [5.41, 5.74) is 0.0404. The summed E-state index contributed by atoms with van der Waals surface area (Å²) in [7, 11) is 0. The largest absolute Gasteiger partial charge is 0.465 e. The lowest BCUT2D eigenvalue weighted by Gasteiger charge is -2.24. The van der Waals surface area contributed by atoms with Crippen molar-refractivity contribution in [2.24, 2.45) is 0 Å². The first kappa shape index (κ1) is 17.5. The van der Waals surface area contributed by atoms with Gasteiger partial charge in [-0.05, 0) is 12.5 Å². The molecule has 1 saturated heterocycles. The number of amides is 2. The van der Waals surface area contributed by atoms with Crippen molar-refractivity contribution in [1.82, 2.24) is 10.2 Å². The number of nitrogens with one attached hydrogen (secondary N) is 1. The Morgan fingerprint density at radius 3 is 2.78 bits per heavy atom. The number of rotatable bonds is 5. The van der Waals surface area contributed by atoms with Gasteiger partial charge in [-0.2, -0.15) is 0 Å². The summed E-state index contributed by atoms with van der Waals surface area (Å²) in [4.78, 5) is 24.4. The zero-order valence-corrected chi connectivity index (χ0v) is 12.9. The van der Waals surface area contributed by atoms with Crippen molar-refractivity contribution in [3.63, 3.8) is 0 Å². The number of aliphatic hydroxyl groups excluding tert-OH is 1. The highest BCUT2D eigenvalue weighted by Crippen LogP contribution is 2.26. The number of hydrogen-bond acceptors (Lipinski definition) is 4. The minimum Gasteiger partial charge on any atom is -0.465 e. The molecule has 0 aliphatic carbocycles. The zero-order valence-electron chi connectivity index (χ0n) is 12.0. The molecule has 126 valence electrons. The summed E-state index contributed by atoms with van der Waals surface area (Å²) in [5, 5.41) is 19.8. The molecule has 1 aromatic carbocycles. The molecular formula is C14H16F2N2O4S. The molecule has 0 bridgehead atoms. The van der Waals surface area contributed by atoms with Crippen LogP contribution >= 0.6 is 11.8 Å². The fraction of sp³-hybridized carbons (Fsp3) is 0.429. The maximum atomic E-state index is 13.9. The van der Waals surface area contributed by atoms with Gasteiger partial charge in [0.2, 0.25) is 0 Å². The Balaban J connectivity index is 2.15. The summed E-state index contributed by atoms with van der Waals surface area (Å²) in [6.07, 6.45) is -1.18. The van der Waals surface area contributed by atoms with Crippen LogP contribution in [0.2, 0.25) is 0 Å². The second kappa shape index (κ2) is 7.60. The van der Waals surface area contributed by atoms with E-state index in [4.69, 9.17) is 10.2 Å². The van der Waals surface area contributed by atoms with Crippen molar-refractivity contribution in [3.05, 3.63) is 35.4 Å². The fourth-order valence-corrected chi connectivity index (χ4v) is 3.47. The first-order valence-electron chi connectivity index (χ1n) is 6.91. The molecule has 0 radical (unpaired) electrons. The van der Waals surface area contributed by atoms with Gasteiger partial charge in [-0.15, -0.1) is 11.8 Å². The number of carbonyl (C=O) groups is 2. The number of benzene rings is 1. The van der Waals surface area contributed by atoms with Gasteiger partial charge in [-0.3, -0.25) is 9.69 Å². The van der Waals surface area contributed by atoms with Crippen LogP contribution in [0.15, 0.2) is 18.2 Å². The van der Waals surface area contributed by atoms with Gasteiger partial charge in [-0.25, -0.2) is 13.6 Å². The summed E-state index contributed by atoms with van der Waals surface area (Å²) in [5.74, 6) is -1.68. The molecule has 3 N–H and O–H groups in total. The molecule has 6 nitrogen and oxygen atoms in total. The highest BCUT2D eigenvalue weighted by molar-refractivity contribution is 8.00. The predicted molar refractivity (Wildman–Crippen MR) is 79.9 cm³/mol. The van der Waals surface area contributed by atoms with Gasteiger partial charge in [0.1, 0.15) is 11.6 Å². The third-order valence-electron chi connectivity index (χ3n) is 3.43. The average Bonchev–Trinajstić information content (AvgIpc) is 2.96. The van der Waals surface area contributed by atoms with E-state index in [0.29, 0.717) is 11.8 Å². The van der Waals surface area contributed by atoms with E-state index in [0.717, 1.165) is 11.0 Å². The van der Waals surface area contributed by atoms with Gasteiger partial charge in [-0.1, -0.05) is 6.07 Å². The summed E-state index contributed by atoms with van der Waals surface area (Å²) in [6.45, 7) is -0.0874. The normalized spacial score (nSPS) is 18.7. The van der Waals surface area contributed by atoms with E-state index < -0.39 is 35.1 Å². The second-order valence-electron chi connectivity index (χ2n) is 4.94. The van der Waals surface area contributed by atoms with Crippen LogP contribution in [0, 0.1) is 11.6 Å². The van der Waals surface area contributed by atoms with Crippen molar-refractivity contribution >= 4 is 23.8 Å². The van der Waals surface area contributed by atoms with Crippen LogP contribution in [0.1, 0.15) is 18.0 Å². The maximum Gasteiger partial charge on any atom is 0.408 e. The van der Waals surface area contributed by atoms with Gasteiger partial charge >= 0.3 is 6.09 Å². The molecule has 1 aromatic rings. The molecule has 1 aliphatic heterocycles. The van der Waals surface area contributed by atoms with Crippen LogP contribution in [-0.4, -0.2) is 51.4 Å². The summed E-state index contributed by atoms with van der Waals surface area (Å²) in [6, 6.07) is 2.08. The van der Waals surface area contributed by atoms with E-state index in [-0.39, 0.29) is 25.1 Å². The molecule has 2 amide bonds. The van der Waals surface area contributed by atoms with Crippen molar-refractivity contribution in [2.45, 2.75) is 17.8 Å². The molecule has 0 spiro atoms. The topological polar surface area (TPSA) is 89.9 Å². The minimum atomic E-state index is -1.21. The smallest absolute Gasteiger partial charge is 0.408 e. The molecule has 1 fully saturated rings. The standard InChI is InChI=1S/C14H16F2N2O4S/c15-8-1-2-9(10(16)7-8)11(3-5-19)17-12(20)13-18(14(21)22)4-6-23-13/h1-2,7,11,13,19H,3-6H2,(H,17,20)(H,21,22)/t11-,13-/m0/s1. The van der Waals surface area contributed by atoms with Gasteiger partial charge in [0, 0.05) is 30.5 Å². The van der Waals surface area contributed by atoms with E-state index >= 15 is 0 Å². The van der Waals surface area contributed by atoms with Gasteiger partial charge < -0.3 is 15.5 Å². The molecule has 2 rings (SSSR count). The Labute approximate surface area is 135 Å². The van der Waals surface area contributed by atoms with Gasteiger partial charge in [0.25, 0.3) is 5.91 Å². The molecular weight excluding hydrogens is 330 g/mol. The van der Waals surface area contributed by atoms with Crippen molar-refractivity contribution in [1.29, 1.82) is 0 Å². The predicted octanol–water partition coefficient (Wildman–Crippen LogP) is 1.56. The zero-order chi connectivity index (χ0) is 17.0. The number of thioether (sulfide) groups is 1. The number of carboxylic acid groups (broad SMARTS) is 1. The number of carbonyl (C=O) groups excluding carboxylic acids is 1. The lowest BCUT2D eigenvalue weighted by molar-refractivity contribution is -0.123. The number of hydrogen-bond donors (Lipinski definition) is 3. The summed E-state index contributed by atoms with van der Waals surface area (Å²) >= 11 is 1.17. The molecule has 23 heavy (non-hydrogen) atoms. The average molecular weight is 346 g/mol. The van der Waals surface area contributed by atoms with E-state index in [1.165, 1.54) is 17.8 Å². The first-order chi connectivity index (χ1) is 10.9. The van der Waals surface area contributed by atoms with E-state index in [1.54, 1.807) is 0 Å². The number of aliphatic hydroxyl groups is 1. The molecule has 2 atom stereocenters. The molecule has 0 unspecified atom stereocenters. The highest BCUT2D eigenvalue weighted by Gasteiger charge is 2.36. The van der Waals surface area contributed by atoms with Crippen LogP contribution < -0.4 is 5.32 Å². The van der Waals surface area contributed by atoms with E-state index in [9.17, 15) is 18.4 Å². The number of halogens is 2. The molecule has 1 aliphatic rings. The maximum absolute atomic E-state index is 13.9. The van der Waals surface area contributed by atoms with Gasteiger partial charge in [0.15, 0.2) is 5.37 Å². The Morgan fingerprint density at radius 2 is 2.17 bits per heavy atom. The fourth-order valence-electron chi connectivity index (χ4n) is 2.34. The van der Waals surface area contributed by atoms with Crippen molar-refractivity contribution < 1.29 is 28.6 Å². The third-order valence-corrected chi connectivity index (χ3v) is 4.64. The van der Waals surface area contributed by atoms with E-state index in [1.807, 2.05) is 0 Å². The van der Waals surface area contributed by atoms with Crippen molar-refractivity contribution in [2.75, 3.05) is 18.9 Å². The second-order valence-corrected chi connectivity index (χ2v) is 6.13. The first-order valence-corrected chi connectivity index (χ1v) is 7.96. The van der Waals surface area contributed by atoms with Crippen LogP contribution in [0.25, 0.3) is 0 Å². The Hall–Kier alpha value is -1.87. The third kappa shape index (κ3) is 4.11. The monoisotopic (exact) mass is 346 g/mol. The molecule has 1 heterocycles. The Kier molecular flexibility index (Phi) is 5.78. The minimum absolute atomic E-state index is 0.0265. The lowest BCUT2D eigenvalue weighted by Crippen LogP contribution is -2.45. The molecule has 0 saturated carbocycles.